The summed E-state index contributed by atoms with van der Waals surface area (Å²) in [6, 6.07) is 12.1. The SMILES string of the molecule is CSc1cc(-c2ccc(Br)cc2)c(N)c(CN)c1C#N.O=C(O)C(F)(F)F.O=C(O)C(F)(F)F. The van der Waals surface area contributed by atoms with Crippen molar-refractivity contribution in [2.24, 2.45) is 5.73 Å². The molecule has 0 aliphatic carbocycles. The van der Waals surface area contributed by atoms with Crippen molar-refractivity contribution in [2.45, 2.75) is 23.8 Å². The first-order valence-electron chi connectivity index (χ1n) is 8.46. The molecule has 7 nitrogen and oxygen atoms in total. The predicted molar refractivity (Wildman–Crippen MR) is 116 cm³/mol. The fraction of sp³-hybridized carbons (Fsp3) is 0.211. The van der Waals surface area contributed by atoms with Crippen LogP contribution in [0.15, 0.2) is 39.7 Å². The number of hydrogen-bond donors (Lipinski definition) is 4. The molecule has 15 heteroatoms. The fourth-order valence-electron chi connectivity index (χ4n) is 2.09. The number of carbonyl (C=O) groups is 2. The molecule has 0 spiro atoms. The summed E-state index contributed by atoms with van der Waals surface area (Å²) in [5.74, 6) is -5.51. The molecule has 34 heavy (non-hydrogen) atoms. The standard InChI is InChI=1S/C15H14BrN3S.2C2HF3O2/c1-20-14-6-11(9-2-4-10(16)5-3-9)15(19)13(8-18)12(14)7-17;2*3-2(4,5)1(6)7/h2-6H,8,18-19H2,1H3;2*(H,6,7). The van der Waals surface area contributed by atoms with Gasteiger partial charge in [0, 0.05) is 32.7 Å². The predicted octanol–water partition coefficient (Wildman–Crippen LogP) is 5.02. The number of nitriles is 1. The van der Waals surface area contributed by atoms with Crippen LogP contribution in [0.2, 0.25) is 0 Å². The summed E-state index contributed by atoms with van der Waals surface area (Å²) >= 11 is 4.94. The van der Waals surface area contributed by atoms with Crippen LogP contribution in [0.4, 0.5) is 32.0 Å². The Kier molecular flexibility index (Phi) is 11.9. The third kappa shape index (κ3) is 9.49. The minimum Gasteiger partial charge on any atom is -0.475 e. The molecule has 2 rings (SSSR count). The Morgan fingerprint density at radius 1 is 1.06 bits per heavy atom. The number of rotatable bonds is 3. The molecule has 2 aromatic carbocycles. The number of alkyl halides is 6. The third-order valence-corrected chi connectivity index (χ3v) is 4.91. The number of nitrogens with two attached hydrogens (primary N) is 2. The Hall–Kier alpha value is -2.96. The molecule has 0 radical (unpaired) electrons. The van der Waals surface area contributed by atoms with Gasteiger partial charge in [-0.1, -0.05) is 28.1 Å². The van der Waals surface area contributed by atoms with Crippen LogP contribution >= 0.6 is 27.7 Å². The lowest BCUT2D eigenvalue weighted by molar-refractivity contribution is -0.193. The molecular weight excluding hydrogens is 560 g/mol. The van der Waals surface area contributed by atoms with E-state index in [-0.39, 0.29) is 6.54 Å². The van der Waals surface area contributed by atoms with Crippen LogP contribution in [0, 0.1) is 11.3 Å². The minimum atomic E-state index is -5.08. The summed E-state index contributed by atoms with van der Waals surface area (Å²) in [7, 11) is 0. The molecule has 0 atom stereocenters. The van der Waals surface area contributed by atoms with Crippen LogP contribution in [0.3, 0.4) is 0 Å². The molecule has 186 valence electrons. The van der Waals surface area contributed by atoms with Crippen LogP contribution in [-0.4, -0.2) is 40.8 Å². The second kappa shape index (κ2) is 13.1. The number of hydrogen-bond acceptors (Lipinski definition) is 6. The van der Waals surface area contributed by atoms with Gasteiger partial charge in [0.1, 0.15) is 6.07 Å². The van der Waals surface area contributed by atoms with E-state index in [0.29, 0.717) is 11.3 Å². The largest absolute Gasteiger partial charge is 0.490 e. The highest BCUT2D eigenvalue weighted by molar-refractivity contribution is 9.10. The van der Waals surface area contributed by atoms with Gasteiger partial charge in [-0.2, -0.15) is 31.6 Å². The van der Waals surface area contributed by atoms with Crippen molar-refractivity contribution < 1.29 is 46.1 Å². The van der Waals surface area contributed by atoms with Gasteiger partial charge in [-0.3, -0.25) is 0 Å². The summed E-state index contributed by atoms with van der Waals surface area (Å²) in [6.45, 7) is 0.257. The molecule has 0 amide bonds. The van der Waals surface area contributed by atoms with Crippen molar-refractivity contribution in [3.63, 3.8) is 0 Å². The summed E-state index contributed by atoms with van der Waals surface area (Å²) in [4.78, 5) is 18.7. The van der Waals surface area contributed by atoms with E-state index in [0.717, 1.165) is 26.1 Å². The lowest BCUT2D eigenvalue weighted by atomic mass is 9.96. The number of aliphatic carboxylic acids is 2. The number of nitrogens with zero attached hydrogens (tertiary/aromatic N) is 1. The molecule has 0 bridgehead atoms. The molecule has 6 N–H and O–H groups in total. The Bertz CT molecular complexity index is 1030. The fourth-order valence-corrected chi connectivity index (χ4v) is 2.96. The molecule has 2 aromatic rings. The molecule has 0 unspecified atom stereocenters. The highest BCUT2D eigenvalue weighted by atomic mass is 79.9. The zero-order chi connectivity index (χ0) is 26.9. The lowest BCUT2D eigenvalue weighted by Crippen LogP contribution is -2.21. The van der Waals surface area contributed by atoms with Gasteiger partial charge in [-0.15, -0.1) is 11.8 Å². The van der Waals surface area contributed by atoms with E-state index in [2.05, 4.69) is 22.0 Å². The number of carboxylic acids is 2. The van der Waals surface area contributed by atoms with E-state index in [1.165, 1.54) is 11.8 Å². The van der Waals surface area contributed by atoms with Gasteiger partial charge in [-0.25, -0.2) is 9.59 Å². The van der Waals surface area contributed by atoms with Crippen molar-refractivity contribution in [2.75, 3.05) is 12.0 Å². The maximum atomic E-state index is 10.6. The van der Waals surface area contributed by atoms with Crippen LogP contribution in [-0.2, 0) is 16.1 Å². The summed E-state index contributed by atoms with van der Waals surface area (Å²) in [6.07, 6.45) is -8.22. The van der Waals surface area contributed by atoms with Gasteiger partial charge in [0.15, 0.2) is 0 Å². The van der Waals surface area contributed by atoms with Crippen molar-refractivity contribution in [3.05, 3.63) is 45.9 Å². The maximum Gasteiger partial charge on any atom is 0.490 e. The minimum absolute atomic E-state index is 0.257. The second-order valence-corrected chi connectivity index (χ2v) is 7.59. The Morgan fingerprint density at radius 3 is 1.76 bits per heavy atom. The van der Waals surface area contributed by atoms with E-state index in [9.17, 15) is 31.6 Å². The third-order valence-electron chi connectivity index (χ3n) is 3.61. The second-order valence-electron chi connectivity index (χ2n) is 5.82. The van der Waals surface area contributed by atoms with E-state index in [1.54, 1.807) is 0 Å². The first-order chi connectivity index (χ1) is 15.5. The van der Waals surface area contributed by atoms with Crippen molar-refractivity contribution in [1.29, 1.82) is 5.26 Å². The van der Waals surface area contributed by atoms with Crippen LogP contribution in [0.25, 0.3) is 11.1 Å². The van der Waals surface area contributed by atoms with Gasteiger partial charge in [-0.05, 0) is 30.0 Å². The first kappa shape index (κ1) is 31.0. The Balaban J connectivity index is 0.000000642. The molecule has 0 aromatic heterocycles. The van der Waals surface area contributed by atoms with Gasteiger partial charge in [0.25, 0.3) is 0 Å². The number of benzene rings is 2. The Morgan fingerprint density at radius 2 is 1.47 bits per heavy atom. The van der Waals surface area contributed by atoms with Crippen molar-refractivity contribution in [3.8, 4) is 17.2 Å². The molecule has 0 fully saturated rings. The highest BCUT2D eigenvalue weighted by Gasteiger charge is 2.38. The zero-order valence-electron chi connectivity index (χ0n) is 17.0. The zero-order valence-corrected chi connectivity index (χ0v) is 19.4. The van der Waals surface area contributed by atoms with E-state index >= 15 is 0 Å². The quantitative estimate of drug-likeness (QED) is 0.226. The molecular formula is C19H16BrF6N3O4S. The smallest absolute Gasteiger partial charge is 0.475 e. The molecule has 0 heterocycles. The normalized spacial score (nSPS) is 10.7. The molecule has 0 aliphatic heterocycles. The number of nitrogen functional groups attached to an aromatic ring is 1. The van der Waals surface area contributed by atoms with Gasteiger partial charge >= 0.3 is 24.3 Å². The van der Waals surface area contributed by atoms with Crippen molar-refractivity contribution in [1.82, 2.24) is 0 Å². The number of halogens is 7. The Labute approximate surface area is 201 Å². The summed E-state index contributed by atoms with van der Waals surface area (Å²) in [5.41, 5.74) is 15.8. The van der Waals surface area contributed by atoms with Gasteiger partial charge in [0.05, 0.1) is 5.56 Å². The first-order valence-corrected chi connectivity index (χ1v) is 10.5. The topological polar surface area (TPSA) is 150 Å². The average Bonchev–Trinajstić information content (AvgIpc) is 2.73. The molecule has 0 saturated carbocycles. The monoisotopic (exact) mass is 575 g/mol. The summed E-state index contributed by atoms with van der Waals surface area (Å²) in [5, 5.41) is 23.6. The van der Waals surface area contributed by atoms with Crippen LogP contribution in [0.1, 0.15) is 11.1 Å². The van der Waals surface area contributed by atoms with E-state index in [1.807, 2.05) is 36.6 Å². The van der Waals surface area contributed by atoms with Crippen LogP contribution < -0.4 is 11.5 Å². The molecule has 0 saturated heterocycles. The summed E-state index contributed by atoms with van der Waals surface area (Å²) < 4.78 is 64.5. The van der Waals surface area contributed by atoms with Gasteiger partial charge < -0.3 is 21.7 Å². The van der Waals surface area contributed by atoms with Crippen molar-refractivity contribution >= 4 is 45.3 Å². The average molecular weight is 576 g/mol. The lowest BCUT2D eigenvalue weighted by Gasteiger charge is -2.15. The van der Waals surface area contributed by atoms with E-state index < -0.39 is 24.3 Å². The highest BCUT2D eigenvalue weighted by Crippen LogP contribution is 2.36. The van der Waals surface area contributed by atoms with Crippen LogP contribution in [0.5, 0.6) is 0 Å². The molecule has 0 aliphatic rings. The number of thioether (sulfide) groups is 1. The maximum absolute atomic E-state index is 10.6. The van der Waals surface area contributed by atoms with E-state index in [4.69, 9.17) is 31.3 Å². The number of carboxylic acid groups (broad SMARTS) is 2. The van der Waals surface area contributed by atoms with Gasteiger partial charge in [0.2, 0.25) is 0 Å². The number of anilines is 1.